The molecule has 0 saturated carbocycles. The monoisotopic (exact) mass is 306 g/mol. The van der Waals surface area contributed by atoms with Crippen molar-refractivity contribution in [3.05, 3.63) is 29.3 Å². The molecule has 1 aromatic carbocycles. The van der Waals surface area contributed by atoms with Crippen LogP contribution in [0.2, 0.25) is 0 Å². The number of anilines is 1. The number of nitrogens with one attached hydrogen (secondary N) is 1. The number of carbonyl (C=O) groups is 1. The van der Waals surface area contributed by atoms with Crippen LogP contribution in [0.4, 0.5) is 5.69 Å². The highest BCUT2D eigenvalue weighted by Crippen LogP contribution is 2.19. The standard InChI is InChI=1S/C17H26N2O3/c1-3-21-9-6-17(20)18-16-12-15(5-4-14(16)2)13-19-7-10-22-11-8-19/h4-5,12H,3,6-11,13H2,1-2H3,(H,18,20). The van der Waals surface area contributed by atoms with Gasteiger partial charge in [-0.2, -0.15) is 0 Å². The van der Waals surface area contributed by atoms with Gasteiger partial charge in [0.25, 0.3) is 0 Å². The molecule has 0 aromatic heterocycles. The highest BCUT2D eigenvalue weighted by Gasteiger charge is 2.12. The minimum absolute atomic E-state index is 0.0000671. The predicted octanol–water partition coefficient (Wildman–Crippen LogP) is 2.19. The van der Waals surface area contributed by atoms with Crippen molar-refractivity contribution < 1.29 is 14.3 Å². The molecule has 1 fully saturated rings. The number of morpholine rings is 1. The molecule has 1 aliphatic heterocycles. The van der Waals surface area contributed by atoms with E-state index in [0.717, 1.165) is 44.1 Å². The normalized spacial score (nSPS) is 15.7. The Morgan fingerprint density at radius 1 is 1.36 bits per heavy atom. The van der Waals surface area contributed by atoms with E-state index in [1.54, 1.807) is 0 Å². The van der Waals surface area contributed by atoms with Crippen LogP contribution in [-0.2, 0) is 20.8 Å². The third-order valence-corrected chi connectivity index (χ3v) is 3.76. The Kier molecular flexibility index (Phi) is 6.83. The summed E-state index contributed by atoms with van der Waals surface area (Å²) in [6.07, 6.45) is 0.390. The van der Waals surface area contributed by atoms with Gasteiger partial charge in [-0.05, 0) is 31.0 Å². The van der Waals surface area contributed by atoms with Gasteiger partial charge in [0.05, 0.1) is 26.2 Å². The van der Waals surface area contributed by atoms with Gasteiger partial charge in [-0.3, -0.25) is 9.69 Å². The summed E-state index contributed by atoms with van der Waals surface area (Å²) in [4.78, 5) is 14.3. The Labute approximate surface area is 132 Å². The third-order valence-electron chi connectivity index (χ3n) is 3.76. The molecule has 0 spiro atoms. The summed E-state index contributed by atoms with van der Waals surface area (Å²) < 4.78 is 10.6. The van der Waals surface area contributed by atoms with Crippen LogP contribution in [0, 0.1) is 6.92 Å². The quantitative estimate of drug-likeness (QED) is 0.785. The Morgan fingerprint density at radius 2 is 2.14 bits per heavy atom. The molecule has 1 aliphatic rings. The molecule has 2 rings (SSSR count). The van der Waals surface area contributed by atoms with Gasteiger partial charge in [-0.1, -0.05) is 12.1 Å². The molecule has 1 aromatic rings. The minimum atomic E-state index is 0.0000671. The Morgan fingerprint density at radius 3 is 2.86 bits per heavy atom. The maximum absolute atomic E-state index is 11.9. The largest absolute Gasteiger partial charge is 0.381 e. The molecule has 1 amide bonds. The number of nitrogens with zero attached hydrogens (tertiary/aromatic N) is 1. The number of aryl methyl sites for hydroxylation is 1. The van der Waals surface area contributed by atoms with E-state index in [-0.39, 0.29) is 5.91 Å². The summed E-state index contributed by atoms with van der Waals surface area (Å²) in [6, 6.07) is 6.26. The molecule has 0 bridgehead atoms. The number of rotatable bonds is 7. The van der Waals surface area contributed by atoms with Crippen molar-refractivity contribution in [2.45, 2.75) is 26.8 Å². The number of amides is 1. The molecule has 0 atom stereocenters. The number of hydrogen-bond acceptors (Lipinski definition) is 4. The van der Waals surface area contributed by atoms with Crippen LogP contribution in [-0.4, -0.2) is 50.3 Å². The second-order valence-corrected chi connectivity index (χ2v) is 5.53. The molecular weight excluding hydrogens is 280 g/mol. The molecule has 1 N–H and O–H groups in total. The summed E-state index contributed by atoms with van der Waals surface area (Å²) in [5.74, 6) is 0.0000671. The van der Waals surface area contributed by atoms with Crippen LogP contribution < -0.4 is 5.32 Å². The molecule has 22 heavy (non-hydrogen) atoms. The van der Waals surface area contributed by atoms with E-state index in [0.29, 0.717) is 19.6 Å². The topological polar surface area (TPSA) is 50.8 Å². The molecule has 1 saturated heterocycles. The fourth-order valence-corrected chi connectivity index (χ4v) is 2.44. The first-order valence-electron chi connectivity index (χ1n) is 7.96. The van der Waals surface area contributed by atoms with E-state index in [1.165, 1.54) is 5.56 Å². The molecule has 0 aliphatic carbocycles. The summed E-state index contributed by atoms with van der Waals surface area (Å²) in [5, 5.41) is 2.98. The van der Waals surface area contributed by atoms with Crippen LogP contribution in [0.3, 0.4) is 0 Å². The third kappa shape index (κ3) is 5.40. The maximum atomic E-state index is 11.9. The average Bonchev–Trinajstić information content (AvgIpc) is 2.52. The van der Waals surface area contributed by atoms with Crippen LogP contribution in [0.15, 0.2) is 18.2 Å². The van der Waals surface area contributed by atoms with E-state index in [9.17, 15) is 4.79 Å². The van der Waals surface area contributed by atoms with Crippen molar-refractivity contribution in [3.8, 4) is 0 Å². The highest BCUT2D eigenvalue weighted by molar-refractivity contribution is 5.91. The summed E-state index contributed by atoms with van der Waals surface area (Å²) in [5.41, 5.74) is 3.19. The zero-order chi connectivity index (χ0) is 15.8. The zero-order valence-corrected chi connectivity index (χ0v) is 13.6. The number of hydrogen-bond donors (Lipinski definition) is 1. The van der Waals surface area contributed by atoms with Crippen LogP contribution in [0.5, 0.6) is 0 Å². The molecule has 1 heterocycles. The van der Waals surface area contributed by atoms with Gasteiger partial charge in [-0.25, -0.2) is 0 Å². The van der Waals surface area contributed by atoms with Crippen molar-refractivity contribution in [3.63, 3.8) is 0 Å². The molecule has 0 radical (unpaired) electrons. The fourth-order valence-electron chi connectivity index (χ4n) is 2.44. The lowest BCUT2D eigenvalue weighted by Gasteiger charge is -2.26. The van der Waals surface area contributed by atoms with E-state index in [4.69, 9.17) is 9.47 Å². The second kappa shape index (κ2) is 8.88. The Balaban J connectivity index is 1.92. The molecule has 122 valence electrons. The van der Waals surface area contributed by atoms with Gasteiger partial charge >= 0.3 is 0 Å². The highest BCUT2D eigenvalue weighted by atomic mass is 16.5. The smallest absolute Gasteiger partial charge is 0.226 e. The summed E-state index contributed by atoms with van der Waals surface area (Å²) in [6.45, 7) is 9.46. The zero-order valence-electron chi connectivity index (χ0n) is 13.6. The number of carbonyl (C=O) groups excluding carboxylic acids is 1. The fraction of sp³-hybridized carbons (Fsp3) is 0.588. The van der Waals surface area contributed by atoms with Gasteiger partial charge in [0.15, 0.2) is 0 Å². The minimum Gasteiger partial charge on any atom is -0.381 e. The lowest BCUT2D eigenvalue weighted by atomic mass is 10.1. The lowest BCUT2D eigenvalue weighted by molar-refractivity contribution is -0.117. The average molecular weight is 306 g/mol. The second-order valence-electron chi connectivity index (χ2n) is 5.53. The van der Waals surface area contributed by atoms with E-state index in [1.807, 2.05) is 13.8 Å². The summed E-state index contributed by atoms with van der Waals surface area (Å²) in [7, 11) is 0. The van der Waals surface area contributed by atoms with Gasteiger partial charge in [0, 0.05) is 31.9 Å². The predicted molar refractivity (Wildman–Crippen MR) is 87.0 cm³/mol. The van der Waals surface area contributed by atoms with Crippen molar-refractivity contribution >= 4 is 11.6 Å². The van der Waals surface area contributed by atoms with Crippen LogP contribution in [0.1, 0.15) is 24.5 Å². The van der Waals surface area contributed by atoms with Crippen LogP contribution >= 0.6 is 0 Å². The lowest BCUT2D eigenvalue weighted by Crippen LogP contribution is -2.35. The molecule has 0 unspecified atom stereocenters. The Bertz CT molecular complexity index is 485. The number of ether oxygens (including phenoxy) is 2. The Hall–Kier alpha value is -1.43. The van der Waals surface area contributed by atoms with Crippen molar-refractivity contribution in [2.75, 3.05) is 44.8 Å². The van der Waals surface area contributed by atoms with Crippen molar-refractivity contribution in [2.24, 2.45) is 0 Å². The van der Waals surface area contributed by atoms with Gasteiger partial charge in [0.1, 0.15) is 0 Å². The van der Waals surface area contributed by atoms with Gasteiger partial charge in [0.2, 0.25) is 5.91 Å². The first-order valence-corrected chi connectivity index (χ1v) is 7.96. The van der Waals surface area contributed by atoms with Gasteiger partial charge in [-0.15, -0.1) is 0 Å². The van der Waals surface area contributed by atoms with Gasteiger partial charge < -0.3 is 14.8 Å². The van der Waals surface area contributed by atoms with Crippen molar-refractivity contribution in [1.82, 2.24) is 4.90 Å². The number of benzene rings is 1. The maximum Gasteiger partial charge on any atom is 0.226 e. The van der Waals surface area contributed by atoms with Crippen LogP contribution in [0.25, 0.3) is 0 Å². The molecule has 5 nitrogen and oxygen atoms in total. The summed E-state index contributed by atoms with van der Waals surface area (Å²) >= 11 is 0. The first kappa shape index (κ1) is 16.9. The SMILES string of the molecule is CCOCCC(=O)Nc1cc(CN2CCOCC2)ccc1C. The first-order chi connectivity index (χ1) is 10.7. The van der Waals surface area contributed by atoms with E-state index >= 15 is 0 Å². The molecule has 5 heteroatoms. The van der Waals surface area contributed by atoms with E-state index in [2.05, 4.69) is 28.4 Å². The molecular formula is C17H26N2O3. The van der Waals surface area contributed by atoms with E-state index < -0.39 is 0 Å². The van der Waals surface area contributed by atoms with Crippen molar-refractivity contribution in [1.29, 1.82) is 0 Å².